The Balaban J connectivity index is 1.41. The highest BCUT2D eigenvalue weighted by Gasteiger charge is 2.36. The molecule has 2 aliphatic heterocycles. The van der Waals surface area contributed by atoms with Gasteiger partial charge in [0.25, 0.3) is 11.1 Å². The van der Waals surface area contributed by atoms with Crippen LogP contribution in [0, 0.1) is 5.92 Å². The molecular formula is C21H26N4O4S. The number of hydrogen-bond donors (Lipinski definition) is 2. The molecule has 0 aliphatic carbocycles. The van der Waals surface area contributed by atoms with Gasteiger partial charge in [0, 0.05) is 37.3 Å². The number of carbonyl (C=O) groups is 1. The molecule has 4 rings (SSSR count). The Morgan fingerprint density at radius 1 is 1.30 bits per heavy atom. The van der Waals surface area contributed by atoms with Gasteiger partial charge in [-0.15, -0.1) is 0 Å². The van der Waals surface area contributed by atoms with Gasteiger partial charge in [-0.2, -0.15) is 4.98 Å². The number of piperidine rings is 1. The first-order chi connectivity index (χ1) is 14.5. The van der Waals surface area contributed by atoms with Crippen LogP contribution in [-0.2, 0) is 17.8 Å². The molecule has 4 heterocycles. The number of nitrogens with zero attached hydrogens (tertiary/aromatic N) is 3. The standard InChI is InChI=1S/C21H26N4O4S/c1-2-3-5-15-19(28)22-21(23-20(15)29)30-12-18(27)24-9-13-8-14(11-24)16-6-4-7-17(26)25(16)10-13/h4,6-7,13-14H,2-3,5,8-12H2,1H3,(H2,22,23,28,29)/t13-,14+/m0/s1. The van der Waals surface area contributed by atoms with Crippen LogP contribution < -0.4 is 11.1 Å². The minimum atomic E-state index is -0.347. The number of likely N-dealkylation sites (tertiary alicyclic amines) is 1. The highest BCUT2D eigenvalue weighted by molar-refractivity contribution is 7.99. The maximum Gasteiger partial charge on any atom is 0.258 e. The van der Waals surface area contributed by atoms with Crippen molar-refractivity contribution in [2.45, 2.75) is 50.2 Å². The summed E-state index contributed by atoms with van der Waals surface area (Å²) in [5, 5.41) is 10.3. The predicted molar refractivity (Wildman–Crippen MR) is 114 cm³/mol. The van der Waals surface area contributed by atoms with Crippen LogP contribution in [0.15, 0.2) is 32.9 Å². The smallest absolute Gasteiger partial charge is 0.258 e. The Hall–Kier alpha value is -2.55. The molecule has 30 heavy (non-hydrogen) atoms. The molecule has 160 valence electrons. The van der Waals surface area contributed by atoms with Crippen molar-refractivity contribution < 1.29 is 9.90 Å². The van der Waals surface area contributed by atoms with Gasteiger partial charge in [0.15, 0.2) is 5.16 Å². The van der Waals surface area contributed by atoms with Crippen LogP contribution in [0.4, 0.5) is 0 Å². The highest BCUT2D eigenvalue weighted by Crippen LogP contribution is 2.35. The van der Waals surface area contributed by atoms with Gasteiger partial charge in [0.2, 0.25) is 11.8 Å². The van der Waals surface area contributed by atoms with E-state index in [2.05, 4.69) is 9.97 Å². The summed E-state index contributed by atoms with van der Waals surface area (Å²) >= 11 is 1.13. The van der Waals surface area contributed by atoms with Gasteiger partial charge < -0.3 is 19.6 Å². The number of unbranched alkanes of at least 4 members (excludes halogenated alkanes) is 1. The lowest BCUT2D eigenvalue weighted by Gasteiger charge is -2.42. The summed E-state index contributed by atoms with van der Waals surface area (Å²) in [5.41, 5.74) is 0.975. The fourth-order valence-electron chi connectivity index (χ4n) is 4.43. The summed E-state index contributed by atoms with van der Waals surface area (Å²) in [7, 11) is 0. The van der Waals surface area contributed by atoms with Gasteiger partial charge in [-0.3, -0.25) is 14.4 Å². The van der Waals surface area contributed by atoms with Crippen LogP contribution in [0.25, 0.3) is 0 Å². The molecule has 2 bridgehead atoms. The molecule has 2 aliphatic rings. The van der Waals surface area contributed by atoms with Crippen molar-refractivity contribution in [2.24, 2.45) is 5.92 Å². The number of nitrogens with one attached hydrogen (secondary N) is 1. The van der Waals surface area contributed by atoms with Crippen molar-refractivity contribution in [3.8, 4) is 5.88 Å². The number of carbonyl (C=O) groups excluding carboxylic acids is 1. The highest BCUT2D eigenvalue weighted by atomic mass is 32.2. The minimum absolute atomic E-state index is 0.0229. The average molecular weight is 431 g/mol. The minimum Gasteiger partial charge on any atom is -0.493 e. The number of hydrogen-bond acceptors (Lipinski definition) is 6. The first kappa shape index (κ1) is 20.7. The first-order valence-electron chi connectivity index (χ1n) is 10.4. The number of thioether (sulfide) groups is 1. The van der Waals surface area contributed by atoms with Crippen LogP contribution in [0.3, 0.4) is 0 Å². The number of aromatic hydroxyl groups is 1. The van der Waals surface area contributed by atoms with Crippen LogP contribution in [0.1, 0.15) is 43.4 Å². The molecule has 8 nitrogen and oxygen atoms in total. The lowest BCUT2D eigenvalue weighted by molar-refractivity contribution is -0.131. The van der Waals surface area contributed by atoms with Crippen LogP contribution in [0.2, 0.25) is 0 Å². The zero-order valence-corrected chi connectivity index (χ0v) is 17.8. The number of H-pyrrole nitrogens is 1. The largest absolute Gasteiger partial charge is 0.493 e. The monoisotopic (exact) mass is 430 g/mol. The van der Waals surface area contributed by atoms with E-state index in [1.165, 1.54) is 0 Å². The summed E-state index contributed by atoms with van der Waals surface area (Å²) < 4.78 is 1.84. The van der Waals surface area contributed by atoms with Gasteiger partial charge in [-0.25, -0.2) is 0 Å². The molecule has 1 saturated heterocycles. The Morgan fingerprint density at radius 3 is 2.90 bits per heavy atom. The second-order valence-corrected chi connectivity index (χ2v) is 9.03. The van der Waals surface area contributed by atoms with E-state index in [0.29, 0.717) is 31.6 Å². The quantitative estimate of drug-likeness (QED) is 0.534. The van der Waals surface area contributed by atoms with Crippen LogP contribution in [-0.4, -0.2) is 49.3 Å². The number of pyridine rings is 1. The van der Waals surface area contributed by atoms with E-state index in [9.17, 15) is 19.5 Å². The molecule has 0 unspecified atom stereocenters. The molecule has 2 aromatic rings. The molecule has 0 radical (unpaired) electrons. The predicted octanol–water partition coefficient (Wildman–Crippen LogP) is 1.72. The third-order valence-electron chi connectivity index (χ3n) is 5.92. The van der Waals surface area contributed by atoms with Crippen molar-refractivity contribution in [1.29, 1.82) is 0 Å². The van der Waals surface area contributed by atoms with E-state index in [1.54, 1.807) is 12.1 Å². The Morgan fingerprint density at radius 2 is 2.13 bits per heavy atom. The first-order valence-corrected chi connectivity index (χ1v) is 11.4. The third-order valence-corrected chi connectivity index (χ3v) is 6.78. The Labute approximate surface area is 178 Å². The van der Waals surface area contributed by atoms with Crippen LogP contribution in [0.5, 0.6) is 5.88 Å². The van der Waals surface area contributed by atoms with Crippen LogP contribution >= 0.6 is 11.8 Å². The molecule has 2 aromatic heterocycles. The van der Waals surface area contributed by atoms with E-state index >= 15 is 0 Å². The van der Waals surface area contributed by atoms with Crippen molar-refractivity contribution >= 4 is 17.7 Å². The molecule has 2 N–H and O–H groups in total. The van der Waals surface area contributed by atoms with Gasteiger partial charge in [-0.1, -0.05) is 31.2 Å². The zero-order chi connectivity index (χ0) is 21.3. The van der Waals surface area contributed by atoms with E-state index < -0.39 is 0 Å². The summed E-state index contributed by atoms with van der Waals surface area (Å²) in [5.74, 6) is 0.290. The second-order valence-electron chi connectivity index (χ2n) is 8.06. The van der Waals surface area contributed by atoms with Crippen molar-refractivity contribution in [3.05, 3.63) is 50.2 Å². The molecule has 9 heteroatoms. The van der Waals surface area contributed by atoms with Crippen molar-refractivity contribution in [2.75, 3.05) is 18.8 Å². The van der Waals surface area contributed by atoms with Gasteiger partial charge in [0.1, 0.15) is 0 Å². The summed E-state index contributed by atoms with van der Waals surface area (Å²) in [4.78, 5) is 45.7. The number of amides is 1. The lowest BCUT2D eigenvalue weighted by Crippen LogP contribution is -2.49. The molecule has 0 aromatic carbocycles. The topological polar surface area (TPSA) is 108 Å². The zero-order valence-electron chi connectivity index (χ0n) is 17.0. The number of aromatic amines is 1. The fourth-order valence-corrected chi connectivity index (χ4v) is 5.19. The van der Waals surface area contributed by atoms with Gasteiger partial charge in [-0.05, 0) is 31.2 Å². The van der Waals surface area contributed by atoms with E-state index in [-0.39, 0.29) is 45.7 Å². The number of fused-ring (bicyclic) bond motifs is 4. The molecule has 0 spiro atoms. The molecule has 1 amide bonds. The molecule has 2 atom stereocenters. The molecular weight excluding hydrogens is 404 g/mol. The second kappa shape index (κ2) is 8.67. The van der Waals surface area contributed by atoms with E-state index in [4.69, 9.17) is 0 Å². The average Bonchev–Trinajstić information content (AvgIpc) is 2.72. The van der Waals surface area contributed by atoms with Gasteiger partial charge in [0.05, 0.1) is 11.3 Å². The molecule has 1 fully saturated rings. The lowest BCUT2D eigenvalue weighted by atomic mass is 9.83. The van der Waals surface area contributed by atoms with Gasteiger partial charge >= 0.3 is 0 Å². The Bertz CT molecular complexity index is 1060. The van der Waals surface area contributed by atoms with Crippen molar-refractivity contribution in [3.63, 3.8) is 0 Å². The van der Waals surface area contributed by atoms with E-state index in [0.717, 1.165) is 36.7 Å². The summed E-state index contributed by atoms with van der Waals surface area (Å²) in [6, 6.07) is 5.34. The maximum absolute atomic E-state index is 12.8. The SMILES string of the molecule is CCCCc1c(O)nc(SCC(=O)N2C[C@@H]3C[C@H](C2)c2cccc(=O)n2C3)[nH]c1=O. The molecule has 0 saturated carbocycles. The summed E-state index contributed by atoms with van der Waals surface area (Å²) in [6.45, 7) is 3.87. The van der Waals surface area contributed by atoms with E-state index in [1.807, 2.05) is 22.5 Å². The maximum atomic E-state index is 12.8. The third kappa shape index (κ3) is 4.16. The summed E-state index contributed by atoms with van der Waals surface area (Å²) in [6.07, 6.45) is 3.19. The Kier molecular flexibility index (Phi) is 5.99. The number of aromatic nitrogens is 3. The fraction of sp³-hybridized carbons (Fsp3) is 0.524. The normalized spacial score (nSPS) is 20.1. The number of rotatable bonds is 6. The van der Waals surface area contributed by atoms with Crippen molar-refractivity contribution in [1.82, 2.24) is 19.4 Å².